The van der Waals surface area contributed by atoms with Gasteiger partial charge < -0.3 is 4.57 Å². The quantitative estimate of drug-likeness (QED) is 0.161. The summed E-state index contributed by atoms with van der Waals surface area (Å²) in [5, 5.41) is 5.12. The van der Waals surface area contributed by atoms with Gasteiger partial charge in [-0.3, -0.25) is 0 Å². The van der Waals surface area contributed by atoms with Crippen LogP contribution in [0.4, 0.5) is 0 Å². The predicted molar refractivity (Wildman–Crippen MR) is 241 cm³/mol. The van der Waals surface area contributed by atoms with Crippen molar-refractivity contribution in [2.24, 2.45) is 0 Å². The topological polar surface area (TPSA) is 4.93 Å². The molecule has 0 unspecified atom stereocenters. The lowest BCUT2D eigenvalue weighted by Crippen LogP contribution is -1.93. The molecular weight excluding hydrogens is 695 g/mol. The maximum atomic E-state index is 2.43. The molecule has 56 heavy (non-hydrogen) atoms. The summed E-state index contributed by atoms with van der Waals surface area (Å²) in [5.74, 6) is 0. The van der Waals surface area contributed by atoms with Crippen molar-refractivity contribution in [2.75, 3.05) is 0 Å². The summed E-state index contributed by atoms with van der Waals surface area (Å²) in [6.07, 6.45) is 0. The van der Waals surface area contributed by atoms with Gasteiger partial charge in [0.05, 0.1) is 11.0 Å². The molecule has 0 saturated carbocycles. The van der Waals surface area contributed by atoms with E-state index in [9.17, 15) is 0 Å². The van der Waals surface area contributed by atoms with Crippen molar-refractivity contribution in [1.29, 1.82) is 0 Å². The van der Waals surface area contributed by atoms with Crippen molar-refractivity contribution in [3.63, 3.8) is 0 Å². The minimum absolute atomic E-state index is 1.18. The largest absolute Gasteiger partial charge is 0.309 e. The molecule has 0 saturated heterocycles. The molecule has 1 nitrogen and oxygen atoms in total. The van der Waals surface area contributed by atoms with Gasteiger partial charge in [0.1, 0.15) is 0 Å². The van der Waals surface area contributed by atoms with Gasteiger partial charge in [-0.25, -0.2) is 0 Å². The molecule has 0 radical (unpaired) electrons. The highest BCUT2D eigenvalue weighted by Gasteiger charge is 2.15. The fourth-order valence-electron chi connectivity index (χ4n) is 8.41. The monoisotopic (exact) mass is 729 g/mol. The van der Waals surface area contributed by atoms with E-state index >= 15 is 0 Å². The summed E-state index contributed by atoms with van der Waals surface area (Å²) in [6, 6.07) is 77.6. The van der Waals surface area contributed by atoms with Gasteiger partial charge in [0, 0.05) is 36.6 Å². The van der Waals surface area contributed by atoms with Crippen LogP contribution in [0.5, 0.6) is 0 Å². The number of fused-ring (bicyclic) bond motifs is 6. The Balaban J connectivity index is 0.972. The van der Waals surface area contributed by atoms with Crippen molar-refractivity contribution in [3.8, 4) is 61.3 Å². The minimum atomic E-state index is 1.18. The number of nitrogens with zero attached hydrogens (tertiary/aromatic N) is 1. The Labute approximate surface area is 330 Å². The number of benzene rings is 9. The predicted octanol–water partition coefficient (Wildman–Crippen LogP) is 15.5. The van der Waals surface area contributed by atoms with E-state index in [0.29, 0.717) is 0 Å². The van der Waals surface area contributed by atoms with Crippen LogP contribution in [-0.2, 0) is 0 Å². The molecule has 11 rings (SSSR count). The van der Waals surface area contributed by atoms with E-state index in [0.717, 1.165) is 0 Å². The third-order valence-corrected chi connectivity index (χ3v) is 12.3. The van der Waals surface area contributed by atoms with Crippen LogP contribution in [0.25, 0.3) is 103 Å². The number of aromatic nitrogens is 1. The first kappa shape index (κ1) is 32.4. The van der Waals surface area contributed by atoms with Crippen LogP contribution in [0.15, 0.2) is 212 Å². The molecule has 0 aliphatic heterocycles. The minimum Gasteiger partial charge on any atom is -0.309 e. The normalized spacial score (nSPS) is 11.6. The summed E-state index contributed by atoms with van der Waals surface area (Å²) in [7, 11) is 0. The van der Waals surface area contributed by atoms with Gasteiger partial charge in [-0.2, -0.15) is 0 Å². The first-order chi connectivity index (χ1) is 27.7. The van der Waals surface area contributed by atoms with Crippen LogP contribution in [0.3, 0.4) is 0 Å². The average molecular weight is 730 g/mol. The smallest absolute Gasteiger partial charge is 0.0541 e. The zero-order valence-corrected chi connectivity index (χ0v) is 31.4. The summed E-state index contributed by atoms with van der Waals surface area (Å²) in [5.41, 5.74) is 15.8. The van der Waals surface area contributed by atoms with Gasteiger partial charge >= 0.3 is 0 Å². The lowest BCUT2D eigenvalue weighted by atomic mass is 9.94. The van der Waals surface area contributed by atoms with Gasteiger partial charge in [0.2, 0.25) is 0 Å². The van der Waals surface area contributed by atoms with Gasteiger partial charge in [0.15, 0.2) is 0 Å². The van der Waals surface area contributed by atoms with E-state index in [1.54, 1.807) is 0 Å². The van der Waals surface area contributed by atoms with Crippen LogP contribution in [0.1, 0.15) is 0 Å². The molecule has 0 aliphatic carbocycles. The molecular formula is C54H35NS. The van der Waals surface area contributed by atoms with Crippen LogP contribution in [0, 0.1) is 0 Å². The maximum Gasteiger partial charge on any atom is 0.0541 e. The second kappa shape index (κ2) is 13.4. The Hall–Kier alpha value is -7.00. The molecule has 2 heterocycles. The van der Waals surface area contributed by atoms with E-state index in [1.807, 2.05) is 11.3 Å². The van der Waals surface area contributed by atoms with Crippen molar-refractivity contribution in [2.45, 2.75) is 0 Å². The van der Waals surface area contributed by atoms with Crippen LogP contribution in [0.2, 0.25) is 0 Å². The number of hydrogen-bond donors (Lipinski definition) is 0. The lowest BCUT2D eigenvalue weighted by molar-refractivity contribution is 1.19. The van der Waals surface area contributed by atoms with Crippen molar-refractivity contribution >= 4 is 53.3 Å². The van der Waals surface area contributed by atoms with Gasteiger partial charge in [-0.1, -0.05) is 146 Å². The van der Waals surface area contributed by atoms with Crippen molar-refractivity contribution < 1.29 is 0 Å². The molecule has 0 spiro atoms. The first-order valence-electron chi connectivity index (χ1n) is 19.2. The molecule has 0 fully saturated rings. The SMILES string of the molecule is c1ccc(-c2cccc(-c3cccc(-c4cccc(-c5ccc6sc7ccc(-n8c9ccccc9c9cc(-c%10ccccc%10)ccc98)cc7c6c5)c4)c3)c2)cc1. The highest BCUT2D eigenvalue weighted by molar-refractivity contribution is 7.25. The Kier molecular flexibility index (Phi) is 7.75. The van der Waals surface area contributed by atoms with Gasteiger partial charge in [-0.15, -0.1) is 11.3 Å². The number of hydrogen-bond acceptors (Lipinski definition) is 1. The zero-order valence-electron chi connectivity index (χ0n) is 30.6. The summed E-state index contributed by atoms with van der Waals surface area (Å²) < 4.78 is 5.04. The summed E-state index contributed by atoms with van der Waals surface area (Å²) in [4.78, 5) is 0. The summed E-state index contributed by atoms with van der Waals surface area (Å²) >= 11 is 1.87. The van der Waals surface area contributed by atoms with E-state index < -0.39 is 0 Å². The zero-order chi connectivity index (χ0) is 37.0. The van der Waals surface area contributed by atoms with Gasteiger partial charge in [-0.05, 0) is 122 Å². The van der Waals surface area contributed by atoms with Gasteiger partial charge in [0.25, 0.3) is 0 Å². The van der Waals surface area contributed by atoms with E-state index in [4.69, 9.17) is 0 Å². The van der Waals surface area contributed by atoms with E-state index in [2.05, 4.69) is 217 Å². The molecule has 11 aromatic rings. The van der Waals surface area contributed by atoms with Crippen molar-refractivity contribution in [1.82, 2.24) is 4.57 Å². The Bertz CT molecular complexity index is 3240. The molecule has 0 amide bonds. The third kappa shape index (κ3) is 5.62. The van der Waals surface area contributed by atoms with E-state index in [1.165, 1.54) is 103 Å². The fraction of sp³-hybridized carbons (Fsp3) is 0. The van der Waals surface area contributed by atoms with Crippen molar-refractivity contribution in [3.05, 3.63) is 212 Å². The van der Waals surface area contributed by atoms with E-state index in [-0.39, 0.29) is 0 Å². The molecule has 0 atom stereocenters. The highest BCUT2D eigenvalue weighted by Crippen LogP contribution is 2.41. The first-order valence-corrected chi connectivity index (χ1v) is 20.0. The molecule has 262 valence electrons. The number of para-hydroxylation sites is 1. The Morgan fingerprint density at radius 3 is 1.27 bits per heavy atom. The standard InChI is InChI=1S/C54H35NS/c1-3-12-36(13-4-1)38-16-9-17-39(30-38)40-18-10-19-41(31-40)42-20-11-21-43(32-42)45-25-28-53-49(34-45)50-35-46(26-29-54(50)56-53)55-51-23-8-7-22-47(51)48-33-44(24-27-52(48)55)37-14-5-2-6-15-37/h1-35H. The molecule has 9 aromatic carbocycles. The summed E-state index contributed by atoms with van der Waals surface area (Å²) in [6.45, 7) is 0. The van der Waals surface area contributed by atoms with Crippen LogP contribution in [-0.4, -0.2) is 4.57 Å². The number of thiophene rings is 1. The number of rotatable bonds is 6. The second-order valence-corrected chi connectivity index (χ2v) is 15.6. The highest BCUT2D eigenvalue weighted by atomic mass is 32.1. The second-order valence-electron chi connectivity index (χ2n) is 14.6. The molecule has 0 bridgehead atoms. The molecule has 2 aromatic heterocycles. The third-order valence-electron chi connectivity index (χ3n) is 11.2. The fourth-order valence-corrected chi connectivity index (χ4v) is 9.48. The Morgan fingerprint density at radius 1 is 0.250 bits per heavy atom. The van der Waals surface area contributed by atoms with Crippen LogP contribution >= 0.6 is 11.3 Å². The maximum absolute atomic E-state index is 2.43. The molecule has 0 aliphatic rings. The molecule has 2 heteroatoms. The molecule has 0 N–H and O–H groups in total. The van der Waals surface area contributed by atoms with Crippen LogP contribution < -0.4 is 0 Å². The lowest BCUT2D eigenvalue weighted by Gasteiger charge is -2.10. The Morgan fingerprint density at radius 2 is 0.661 bits per heavy atom. The average Bonchev–Trinajstić information content (AvgIpc) is 3.81.